The number of methoxy groups -OCH3 is 1. The minimum Gasteiger partial charge on any atom is -0.497 e. The van der Waals surface area contributed by atoms with Crippen LogP contribution in [0.25, 0.3) is 22.6 Å². The molecule has 3 aromatic heterocycles. The number of amides is 2. The van der Waals surface area contributed by atoms with Gasteiger partial charge in [0.15, 0.2) is 5.76 Å². The van der Waals surface area contributed by atoms with Crippen molar-refractivity contribution in [2.24, 2.45) is 0 Å². The fourth-order valence-corrected chi connectivity index (χ4v) is 3.09. The zero-order chi connectivity index (χ0) is 21.8. The van der Waals surface area contributed by atoms with Crippen molar-refractivity contribution in [3.05, 3.63) is 65.5 Å². The van der Waals surface area contributed by atoms with E-state index in [4.69, 9.17) is 13.7 Å². The third kappa shape index (κ3) is 4.40. The van der Waals surface area contributed by atoms with E-state index in [1.807, 2.05) is 24.3 Å². The molecule has 0 aliphatic rings. The average molecular weight is 420 g/mol. The van der Waals surface area contributed by atoms with Crippen molar-refractivity contribution in [2.75, 3.05) is 13.7 Å². The maximum Gasteiger partial charge on any atom is 0.259 e. The number of aromatic nitrogens is 2. The number of nitrogens with one attached hydrogen (secondary N) is 2. The van der Waals surface area contributed by atoms with E-state index in [1.54, 1.807) is 32.2 Å². The lowest BCUT2D eigenvalue weighted by molar-refractivity contribution is -0.120. The van der Waals surface area contributed by atoms with Crippen LogP contribution in [0.2, 0.25) is 0 Å². The summed E-state index contributed by atoms with van der Waals surface area (Å²) in [6.45, 7) is 1.88. The highest BCUT2D eigenvalue weighted by Gasteiger charge is 2.20. The van der Waals surface area contributed by atoms with E-state index in [-0.39, 0.29) is 18.2 Å². The highest BCUT2D eigenvalue weighted by molar-refractivity contribution is 6.07. The van der Waals surface area contributed by atoms with Crippen LogP contribution in [0.4, 0.5) is 0 Å². The monoisotopic (exact) mass is 420 g/mol. The van der Waals surface area contributed by atoms with Gasteiger partial charge < -0.3 is 24.3 Å². The predicted molar refractivity (Wildman–Crippen MR) is 111 cm³/mol. The molecule has 2 N–H and O–H groups in total. The van der Waals surface area contributed by atoms with E-state index in [0.717, 1.165) is 11.3 Å². The largest absolute Gasteiger partial charge is 0.497 e. The van der Waals surface area contributed by atoms with E-state index in [9.17, 15) is 9.59 Å². The van der Waals surface area contributed by atoms with Crippen LogP contribution in [-0.2, 0) is 11.3 Å². The minimum atomic E-state index is -0.439. The quantitative estimate of drug-likeness (QED) is 0.472. The number of pyridine rings is 1. The summed E-state index contributed by atoms with van der Waals surface area (Å²) in [6, 6.07) is 12.4. The maximum atomic E-state index is 12.8. The molecular formula is C22H20N4O5. The molecule has 0 aliphatic carbocycles. The molecular weight excluding hydrogens is 400 g/mol. The highest BCUT2D eigenvalue weighted by Crippen LogP contribution is 2.27. The van der Waals surface area contributed by atoms with Crippen LogP contribution >= 0.6 is 0 Å². The van der Waals surface area contributed by atoms with Crippen LogP contribution < -0.4 is 15.4 Å². The molecule has 2 amide bonds. The fraction of sp³-hybridized carbons (Fsp3) is 0.182. The summed E-state index contributed by atoms with van der Waals surface area (Å²) >= 11 is 0. The van der Waals surface area contributed by atoms with E-state index < -0.39 is 5.91 Å². The number of furan rings is 1. The molecule has 0 unspecified atom stereocenters. The fourth-order valence-electron chi connectivity index (χ4n) is 3.09. The van der Waals surface area contributed by atoms with Crippen LogP contribution in [0.5, 0.6) is 5.75 Å². The second-order valence-electron chi connectivity index (χ2n) is 6.79. The van der Waals surface area contributed by atoms with Gasteiger partial charge in [0.05, 0.1) is 36.6 Å². The van der Waals surface area contributed by atoms with Gasteiger partial charge >= 0.3 is 0 Å². The summed E-state index contributed by atoms with van der Waals surface area (Å²) in [6.07, 6.45) is 1.51. The lowest BCUT2D eigenvalue weighted by atomic mass is 10.1. The molecule has 9 nitrogen and oxygen atoms in total. The van der Waals surface area contributed by atoms with Crippen molar-refractivity contribution in [2.45, 2.75) is 13.5 Å². The summed E-state index contributed by atoms with van der Waals surface area (Å²) in [5, 5.41) is 9.79. The smallest absolute Gasteiger partial charge is 0.259 e. The predicted octanol–water partition coefficient (Wildman–Crippen LogP) is 2.85. The molecule has 158 valence electrons. The lowest BCUT2D eigenvalue weighted by Crippen LogP contribution is -2.36. The van der Waals surface area contributed by atoms with E-state index in [2.05, 4.69) is 20.8 Å². The number of carbonyl (C=O) groups is 2. The Kier molecular flexibility index (Phi) is 5.65. The normalized spacial score (nSPS) is 10.8. The molecule has 3 heterocycles. The average Bonchev–Trinajstić information content (AvgIpc) is 3.46. The number of hydrogen-bond donors (Lipinski definition) is 2. The molecule has 0 bridgehead atoms. The van der Waals surface area contributed by atoms with Crippen molar-refractivity contribution < 1.29 is 23.3 Å². The molecule has 0 spiro atoms. The zero-order valence-corrected chi connectivity index (χ0v) is 17.0. The van der Waals surface area contributed by atoms with Crippen molar-refractivity contribution in [3.8, 4) is 17.2 Å². The van der Waals surface area contributed by atoms with Gasteiger partial charge in [0.2, 0.25) is 5.91 Å². The number of nitrogens with zero attached hydrogens (tertiary/aromatic N) is 2. The van der Waals surface area contributed by atoms with Gasteiger partial charge in [-0.25, -0.2) is 4.98 Å². The number of hydrogen-bond acceptors (Lipinski definition) is 7. The Bertz CT molecular complexity index is 1210. The van der Waals surface area contributed by atoms with Crippen LogP contribution in [0.3, 0.4) is 0 Å². The molecule has 31 heavy (non-hydrogen) atoms. The molecule has 9 heteroatoms. The van der Waals surface area contributed by atoms with Crippen molar-refractivity contribution in [1.82, 2.24) is 20.8 Å². The van der Waals surface area contributed by atoms with Gasteiger partial charge in [0.25, 0.3) is 11.6 Å². The molecule has 4 rings (SSSR count). The molecule has 0 aliphatic heterocycles. The molecule has 4 aromatic rings. The first kappa shape index (κ1) is 20.1. The second-order valence-corrected chi connectivity index (χ2v) is 6.79. The summed E-state index contributed by atoms with van der Waals surface area (Å²) in [4.78, 5) is 29.4. The molecule has 0 saturated carbocycles. The second kappa shape index (κ2) is 8.70. The van der Waals surface area contributed by atoms with Crippen LogP contribution in [-0.4, -0.2) is 35.6 Å². The molecule has 0 atom stereocenters. The first-order valence-electron chi connectivity index (χ1n) is 9.54. The summed E-state index contributed by atoms with van der Waals surface area (Å²) in [5.41, 5.74) is 2.41. The van der Waals surface area contributed by atoms with Crippen molar-refractivity contribution in [1.29, 1.82) is 0 Å². The third-order valence-corrected chi connectivity index (χ3v) is 4.69. The summed E-state index contributed by atoms with van der Waals surface area (Å²) in [5.74, 6) is 0.472. The molecule has 1 aromatic carbocycles. The number of aryl methyl sites for hydroxylation is 1. The van der Waals surface area contributed by atoms with Gasteiger partial charge in [-0.15, -0.1) is 0 Å². The summed E-state index contributed by atoms with van der Waals surface area (Å²) < 4.78 is 15.7. The van der Waals surface area contributed by atoms with Crippen LogP contribution in [0.1, 0.15) is 21.6 Å². The van der Waals surface area contributed by atoms with Crippen LogP contribution in [0.15, 0.2) is 57.7 Å². The van der Waals surface area contributed by atoms with Crippen LogP contribution in [0, 0.1) is 6.92 Å². The number of benzene rings is 1. The first-order chi connectivity index (χ1) is 15.0. The summed E-state index contributed by atoms with van der Waals surface area (Å²) in [7, 11) is 1.59. The minimum absolute atomic E-state index is 0.181. The molecule has 0 saturated heterocycles. The SMILES string of the molecule is COc1ccc(CNC(=O)CNC(=O)c2cc(-c3ccco3)nc3onc(C)c23)cc1. The van der Waals surface area contributed by atoms with Gasteiger partial charge in [0, 0.05) is 6.54 Å². The van der Waals surface area contributed by atoms with E-state index in [0.29, 0.717) is 34.6 Å². The Morgan fingerprint density at radius 2 is 1.94 bits per heavy atom. The van der Waals surface area contributed by atoms with E-state index in [1.165, 1.54) is 6.26 Å². The van der Waals surface area contributed by atoms with Crippen molar-refractivity contribution in [3.63, 3.8) is 0 Å². The van der Waals surface area contributed by atoms with Gasteiger partial charge in [-0.3, -0.25) is 9.59 Å². The highest BCUT2D eigenvalue weighted by atomic mass is 16.5. The molecule has 0 radical (unpaired) electrons. The lowest BCUT2D eigenvalue weighted by Gasteiger charge is -2.09. The zero-order valence-electron chi connectivity index (χ0n) is 17.0. The Morgan fingerprint density at radius 1 is 1.13 bits per heavy atom. The number of ether oxygens (including phenoxy) is 1. The van der Waals surface area contributed by atoms with Gasteiger partial charge in [0.1, 0.15) is 11.4 Å². The standard InChI is InChI=1S/C22H20N4O5/c1-13-20-16(10-17(18-4-3-9-30-18)25-22(20)31-26-13)21(28)24-12-19(27)23-11-14-5-7-15(29-2)8-6-14/h3-10H,11-12H2,1-2H3,(H,23,27)(H,24,28). The Hall–Kier alpha value is -4.14. The number of fused-ring (bicyclic) bond motifs is 1. The maximum absolute atomic E-state index is 12.8. The van der Waals surface area contributed by atoms with Gasteiger partial charge in [-0.1, -0.05) is 17.3 Å². The number of carbonyl (C=O) groups excluding carboxylic acids is 2. The Labute approximate surface area is 177 Å². The molecule has 0 fully saturated rings. The first-order valence-corrected chi connectivity index (χ1v) is 9.54. The topological polar surface area (TPSA) is 119 Å². The van der Waals surface area contributed by atoms with Gasteiger partial charge in [-0.05, 0) is 42.8 Å². The Morgan fingerprint density at radius 3 is 2.65 bits per heavy atom. The third-order valence-electron chi connectivity index (χ3n) is 4.69. The Balaban J connectivity index is 1.44. The van der Waals surface area contributed by atoms with Crippen molar-refractivity contribution >= 4 is 22.9 Å². The van der Waals surface area contributed by atoms with E-state index >= 15 is 0 Å². The number of rotatable bonds is 7. The van der Waals surface area contributed by atoms with Gasteiger partial charge in [-0.2, -0.15) is 0 Å².